The Balaban J connectivity index is 1.55. The first-order valence-electron chi connectivity index (χ1n) is 9.43. The minimum atomic E-state index is -0.302. The fraction of sp³-hybridized carbons (Fsp3) is 0.333. The van der Waals surface area contributed by atoms with Crippen molar-refractivity contribution < 1.29 is 14.3 Å². The zero-order valence-corrected chi connectivity index (χ0v) is 17.4. The molecule has 3 N–H and O–H groups in total. The van der Waals surface area contributed by atoms with Gasteiger partial charge in [-0.25, -0.2) is 0 Å². The van der Waals surface area contributed by atoms with E-state index >= 15 is 0 Å². The van der Waals surface area contributed by atoms with Gasteiger partial charge in [0, 0.05) is 18.3 Å². The molecule has 3 rings (SSSR count). The van der Waals surface area contributed by atoms with Crippen molar-refractivity contribution in [2.24, 2.45) is 5.73 Å². The average Bonchev–Trinajstić information content (AvgIpc) is 3.15. The van der Waals surface area contributed by atoms with Gasteiger partial charge in [-0.05, 0) is 43.1 Å². The molecule has 6 nitrogen and oxygen atoms in total. The number of benzene rings is 2. The van der Waals surface area contributed by atoms with Gasteiger partial charge in [0.25, 0.3) is 0 Å². The second kappa shape index (κ2) is 9.96. The molecule has 1 fully saturated rings. The summed E-state index contributed by atoms with van der Waals surface area (Å²) in [4.78, 5) is 26.0. The van der Waals surface area contributed by atoms with Crippen LogP contribution in [0, 0.1) is 0 Å². The van der Waals surface area contributed by atoms with Crippen molar-refractivity contribution in [1.82, 2.24) is 4.90 Å². The number of likely N-dealkylation sites (tertiary alicyclic amines) is 1. The molecular weight excluding hydrogens is 413 g/mol. The number of nitrogens with two attached hydrogens (primary N) is 1. The Bertz CT molecular complexity index is 891. The SMILES string of the molecule is NC(=O)C1CCCN1Cc1ccccc1NC(=O)CCOc1ccc(Cl)c(Cl)c1. The van der Waals surface area contributed by atoms with Crippen LogP contribution in [0.3, 0.4) is 0 Å². The second-order valence-electron chi connectivity index (χ2n) is 6.91. The van der Waals surface area contributed by atoms with Crippen LogP contribution in [0.2, 0.25) is 10.0 Å². The lowest BCUT2D eigenvalue weighted by Crippen LogP contribution is -2.39. The number of para-hydroxylation sites is 1. The van der Waals surface area contributed by atoms with E-state index in [1.54, 1.807) is 18.2 Å². The van der Waals surface area contributed by atoms with Crippen molar-refractivity contribution >= 4 is 40.7 Å². The molecule has 1 aliphatic heterocycles. The van der Waals surface area contributed by atoms with E-state index in [0.29, 0.717) is 22.3 Å². The van der Waals surface area contributed by atoms with Gasteiger partial charge < -0.3 is 15.8 Å². The van der Waals surface area contributed by atoms with Crippen LogP contribution in [0.15, 0.2) is 42.5 Å². The van der Waals surface area contributed by atoms with E-state index in [0.717, 1.165) is 30.6 Å². The molecule has 0 spiro atoms. The Morgan fingerprint density at radius 1 is 1.17 bits per heavy atom. The number of carbonyl (C=O) groups is 2. The van der Waals surface area contributed by atoms with Crippen LogP contribution in [0.5, 0.6) is 5.75 Å². The van der Waals surface area contributed by atoms with Crippen molar-refractivity contribution in [3.63, 3.8) is 0 Å². The maximum Gasteiger partial charge on any atom is 0.234 e. The summed E-state index contributed by atoms with van der Waals surface area (Å²) in [5.41, 5.74) is 7.17. The lowest BCUT2D eigenvalue weighted by atomic mass is 10.1. The number of hydrogen-bond donors (Lipinski definition) is 2. The van der Waals surface area contributed by atoms with E-state index in [1.165, 1.54) is 0 Å². The summed E-state index contributed by atoms with van der Waals surface area (Å²) in [6.45, 7) is 1.58. The van der Waals surface area contributed by atoms with Crippen LogP contribution in [0.4, 0.5) is 5.69 Å². The van der Waals surface area contributed by atoms with Gasteiger partial charge in [-0.3, -0.25) is 14.5 Å². The van der Waals surface area contributed by atoms with Crippen LogP contribution >= 0.6 is 23.2 Å². The summed E-state index contributed by atoms with van der Waals surface area (Å²) >= 11 is 11.8. The Hall–Kier alpha value is -2.28. The molecule has 1 unspecified atom stereocenters. The largest absolute Gasteiger partial charge is 0.493 e. The topological polar surface area (TPSA) is 84.7 Å². The third-order valence-electron chi connectivity index (χ3n) is 4.85. The second-order valence-corrected chi connectivity index (χ2v) is 7.72. The number of halogens is 2. The molecule has 0 bridgehead atoms. The van der Waals surface area contributed by atoms with E-state index < -0.39 is 0 Å². The Kier molecular flexibility index (Phi) is 7.36. The lowest BCUT2D eigenvalue weighted by molar-refractivity contribution is -0.122. The number of ether oxygens (including phenoxy) is 1. The summed E-state index contributed by atoms with van der Waals surface area (Å²) in [6.07, 6.45) is 1.90. The fourth-order valence-corrected chi connectivity index (χ4v) is 3.67. The lowest BCUT2D eigenvalue weighted by Gasteiger charge is -2.23. The molecule has 8 heteroatoms. The first-order chi connectivity index (χ1) is 13.9. The summed E-state index contributed by atoms with van der Waals surface area (Å²) in [7, 11) is 0. The van der Waals surface area contributed by atoms with E-state index in [9.17, 15) is 9.59 Å². The number of carbonyl (C=O) groups excluding carboxylic acids is 2. The van der Waals surface area contributed by atoms with Crippen LogP contribution in [0.1, 0.15) is 24.8 Å². The van der Waals surface area contributed by atoms with Crippen LogP contribution in [-0.4, -0.2) is 35.9 Å². The van der Waals surface area contributed by atoms with Gasteiger partial charge in [-0.2, -0.15) is 0 Å². The number of nitrogens with zero attached hydrogens (tertiary/aromatic N) is 1. The molecule has 1 saturated heterocycles. The minimum absolute atomic E-state index is 0.162. The monoisotopic (exact) mass is 435 g/mol. The number of rotatable bonds is 8. The minimum Gasteiger partial charge on any atom is -0.493 e. The standard InChI is InChI=1S/C21H23Cl2N3O3/c22-16-8-7-15(12-17(16)23)29-11-9-20(27)25-18-5-2-1-4-14(18)13-26-10-3-6-19(26)21(24)28/h1-2,4-5,7-8,12,19H,3,6,9-11,13H2,(H2,24,28)(H,25,27). The highest BCUT2D eigenvalue weighted by molar-refractivity contribution is 6.42. The first kappa shape index (κ1) is 21.4. The fourth-order valence-electron chi connectivity index (χ4n) is 3.38. The summed E-state index contributed by atoms with van der Waals surface area (Å²) < 4.78 is 5.56. The highest BCUT2D eigenvalue weighted by atomic mass is 35.5. The molecular formula is C21H23Cl2N3O3. The first-order valence-corrected chi connectivity index (χ1v) is 10.2. The van der Waals surface area contributed by atoms with Crippen molar-refractivity contribution in [2.45, 2.75) is 31.8 Å². The number of primary amides is 1. The number of amides is 2. The van der Waals surface area contributed by atoms with Gasteiger partial charge in [0.15, 0.2) is 0 Å². The van der Waals surface area contributed by atoms with Gasteiger partial charge in [0.05, 0.1) is 29.1 Å². The molecule has 2 amide bonds. The van der Waals surface area contributed by atoms with Crippen molar-refractivity contribution in [3.05, 3.63) is 58.1 Å². The van der Waals surface area contributed by atoms with Crippen LogP contribution in [-0.2, 0) is 16.1 Å². The molecule has 0 aromatic heterocycles. The van der Waals surface area contributed by atoms with Crippen LogP contribution in [0.25, 0.3) is 0 Å². The van der Waals surface area contributed by atoms with E-state index in [-0.39, 0.29) is 30.9 Å². The smallest absolute Gasteiger partial charge is 0.234 e. The third kappa shape index (κ3) is 5.85. The van der Waals surface area contributed by atoms with Crippen LogP contribution < -0.4 is 15.8 Å². The highest BCUT2D eigenvalue weighted by Gasteiger charge is 2.29. The molecule has 1 atom stereocenters. The quantitative estimate of drug-likeness (QED) is 0.659. The summed E-state index contributed by atoms with van der Waals surface area (Å²) in [5, 5.41) is 3.78. The maximum atomic E-state index is 12.4. The number of hydrogen-bond acceptors (Lipinski definition) is 4. The van der Waals surface area contributed by atoms with Gasteiger partial charge >= 0.3 is 0 Å². The Labute approximate surface area is 179 Å². The Morgan fingerprint density at radius 2 is 1.97 bits per heavy atom. The molecule has 2 aromatic carbocycles. The Morgan fingerprint density at radius 3 is 2.72 bits per heavy atom. The van der Waals surface area contributed by atoms with Crippen molar-refractivity contribution in [3.8, 4) is 5.75 Å². The zero-order valence-electron chi connectivity index (χ0n) is 15.9. The van der Waals surface area contributed by atoms with E-state index in [1.807, 2.05) is 24.3 Å². The summed E-state index contributed by atoms with van der Waals surface area (Å²) in [6, 6.07) is 12.3. The molecule has 0 radical (unpaired) electrons. The molecule has 0 aliphatic carbocycles. The van der Waals surface area contributed by atoms with Gasteiger partial charge in [0.1, 0.15) is 5.75 Å². The van der Waals surface area contributed by atoms with Gasteiger partial charge in [-0.1, -0.05) is 41.4 Å². The average molecular weight is 436 g/mol. The van der Waals surface area contributed by atoms with Gasteiger partial charge in [0.2, 0.25) is 11.8 Å². The predicted octanol–water partition coefficient (Wildman–Crippen LogP) is 3.85. The van der Waals surface area contributed by atoms with E-state index in [2.05, 4.69) is 10.2 Å². The molecule has 154 valence electrons. The van der Waals surface area contributed by atoms with E-state index in [4.69, 9.17) is 33.7 Å². The number of anilines is 1. The zero-order chi connectivity index (χ0) is 20.8. The number of nitrogens with one attached hydrogen (secondary N) is 1. The molecule has 0 saturated carbocycles. The molecule has 1 heterocycles. The molecule has 29 heavy (non-hydrogen) atoms. The highest BCUT2D eigenvalue weighted by Crippen LogP contribution is 2.26. The molecule has 1 aliphatic rings. The maximum absolute atomic E-state index is 12.4. The predicted molar refractivity (Wildman–Crippen MR) is 114 cm³/mol. The molecule has 2 aromatic rings. The normalized spacial score (nSPS) is 16.6. The van der Waals surface area contributed by atoms with Gasteiger partial charge in [-0.15, -0.1) is 0 Å². The van der Waals surface area contributed by atoms with Crippen molar-refractivity contribution in [2.75, 3.05) is 18.5 Å². The van der Waals surface area contributed by atoms with Crippen molar-refractivity contribution in [1.29, 1.82) is 0 Å². The summed E-state index contributed by atoms with van der Waals surface area (Å²) in [5.74, 6) is 0.0907. The third-order valence-corrected chi connectivity index (χ3v) is 5.58.